The Balaban J connectivity index is 2.10. The number of hydrogen-bond donors (Lipinski definition) is 1. The standard InChI is InChI=1S/C14H12O4S/c1-9(15)10-3-2-4-12(7-10)18-8-11-5-6-19-13(11)14(16)17/h2-7H,8H2,1H3,(H,16,17). The van der Waals surface area contributed by atoms with Crippen molar-refractivity contribution in [3.8, 4) is 5.75 Å². The first-order chi connectivity index (χ1) is 9.08. The second-order valence-electron chi connectivity index (χ2n) is 3.95. The Morgan fingerprint density at radius 3 is 2.79 bits per heavy atom. The van der Waals surface area contributed by atoms with Crippen LogP contribution in [-0.2, 0) is 6.61 Å². The van der Waals surface area contributed by atoms with Crippen LogP contribution >= 0.6 is 11.3 Å². The lowest BCUT2D eigenvalue weighted by Crippen LogP contribution is -2.02. The van der Waals surface area contributed by atoms with Gasteiger partial charge in [-0.15, -0.1) is 11.3 Å². The zero-order chi connectivity index (χ0) is 13.8. The van der Waals surface area contributed by atoms with Gasteiger partial charge in [-0.05, 0) is 30.5 Å². The average Bonchev–Trinajstić information content (AvgIpc) is 2.85. The summed E-state index contributed by atoms with van der Waals surface area (Å²) >= 11 is 1.17. The van der Waals surface area contributed by atoms with Crippen molar-refractivity contribution in [2.75, 3.05) is 0 Å². The van der Waals surface area contributed by atoms with Crippen molar-refractivity contribution in [2.45, 2.75) is 13.5 Å². The number of carbonyl (C=O) groups excluding carboxylic acids is 1. The highest BCUT2D eigenvalue weighted by Gasteiger charge is 2.12. The molecule has 0 saturated heterocycles. The molecule has 0 saturated carbocycles. The van der Waals surface area contributed by atoms with Gasteiger partial charge in [0.2, 0.25) is 0 Å². The molecule has 0 atom stereocenters. The molecule has 0 amide bonds. The molecule has 0 fully saturated rings. The zero-order valence-corrected chi connectivity index (χ0v) is 11.1. The summed E-state index contributed by atoms with van der Waals surface area (Å²) in [6.07, 6.45) is 0. The normalized spacial score (nSPS) is 10.2. The van der Waals surface area contributed by atoms with Gasteiger partial charge in [0, 0.05) is 11.1 Å². The molecular formula is C14H12O4S. The van der Waals surface area contributed by atoms with Crippen molar-refractivity contribution in [3.05, 3.63) is 51.7 Å². The van der Waals surface area contributed by atoms with Gasteiger partial charge in [0.15, 0.2) is 5.78 Å². The number of ether oxygens (including phenoxy) is 1. The molecule has 1 N–H and O–H groups in total. The minimum absolute atomic E-state index is 0.0350. The number of hydrogen-bond acceptors (Lipinski definition) is 4. The molecule has 0 aliphatic heterocycles. The number of carbonyl (C=O) groups is 2. The predicted molar refractivity (Wildman–Crippen MR) is 72.1 cm³/mol. The van der Waals surface area contributed by atoms with Crippen molar-refractivity contribution < 1.29 is 19.4 Å². The van der Waals surface area contributed by atoms with Crippen LogP contribution in [0, 0.1) is 0 Å². The Labute approximate surface area is 114 Å². The first-order valence-electron chi connectivity index (χ1n) is 5.61. The Morgan fingerprint density at radius 1 is 1.32 bits per heavy atom. The number of aromatic carboxylic acids is 1. The highest BCUT2D eigenvalue weighted by molar-refractivity contribution is 7.12. The molecule has 98 valence electrons. The molecule has 0 spiro atoms. The van der Waals surface area contributed by atoms with Gasteiger partial charge in [-0.3, -0.25) is 4.79 Å². The minimum atomic E-state index is -0.953. The first-order valence-corrected chi connectivity index (χ1v) is 6.49. The largest absolute Gasteiger partial charge is 0.489 e. The Morgan fingerprint density at radius 2 is 2.11 bits per heavy atom. The topological polar surface area (TPSA) is 63.6 Å². The van der Waals surface area contributed by atoms with E-state index in [1.54, 1.807) is 35.7 Å². The van der Waals surface area contributed by atoms with Crippen LogP contribution in [0.2, 0.25) is 0 Å². The lowest BCUT2D eigenvalue weighted by Gasteiger charge is -2.06. The second-order valence-corrected chi connectivity index (χ2v) is 4.87. The lowest BCUT2D eigenvalue weighted by molar-refractivity contribution is 0.0699. The number of benzene rings is 1. The monoisotopic (exact) mass is 276 g/mol. The summed E-state index contributed by atoms with van der Waals surface area (Å²) in [7, 11) is 0. The van der Waals surface area contributed by atoms with Crippen LogP contribution in [0.4, 0.5) is 0 Å². The van der Waals surface area contributed by atoms with Crippen LogP contribution in [0.1, 0.15) is 32.5 Å². The van der Waals surface area contributed by atoms with Crippen molar-refractivity contribution in [1.82, 2.24) is 0 Å². The number of carboxylic acid groups (broad SMARTS) is 1. The number of carboxylic acids is 1. The lowest BCUT2D eigenvalue weighted by atomic mass is 10.1. The summed E-state index contributed by atoms with van der Waals surface area (Å²) < 4.78 is 5.52. The Kier molecular flexibility index (Phi) is 3.97. The third kappa shape index (κ3) is 3.20. The molecule has 0 unspecified atom stereocenters. The van der Waals surface area contributed by atoms with Crippen molar-refractivity contribution >= 4 is 23.1 Å². The number of Topliss-reactive ketones (excluding diaryl/α,β-unsaturated/α-hetero) is 1. The molecule has 0 radical (unpaired) electrons. The highest BCUT2D eigenvalue weighted by atomic mass is 32.1. The smallest absolute Gasteiger partial charge is 0.346 e. The van der Waals surface area contributed by atoms with E-state index in [4.69, 9.17) is 9.84 Å². The van der Waals surface area contributed by atoms with Crippen LogP contribution in [0.5, 0.6) is 5.75 Å². The highest BCUT2D eigenvalue weighted by Crippen LogP contribution is 2.20. The molecule has 2 aromatic rings. The van der Waals surface area contributed by atoms with E-state index in [1.165, 1.54) is 18.3 Å². The van der Waals surface area contributed by atoms with E-state index in [2.05, 4.69) is 0 Å². The van der Waals surface area contributed by atoms with Gasteiger partial charge in [-0.2, -0.15) is 0 Å². The maximum atomic E-state index is 11.2. The molecule has 0 bridgehead atoms. The molecule has 2 rings (SSSR count). The maximum absolute atomic E-state index is 11.2. The fourth-order valence-electron chi connectivity index (χ4n) is 1.60. The first kappa shape index (κ1) is 13.3. The van der Waals surface area contributed by atoms with Gasteiger partial charge in [0.1, 0.15) is 17.2 Å². The van der Waals surface area contributed by atoms with Crippen LogP contribution < -0.4 is 4.74 Å². The van der Waals surface area contributed by atoms with Gasteiger partial charge in [0.05, 0.1) is 0 Å². The zero-order valence-electron chi connectivity index (χ0n) is 10.3. The molecule has 1 aromatic carbocycles. The summed E-state index contributed by atoms with van der Waals surface area (Å²) in [5, 5.41) is 10.7. The quantitative estimate of drug-likeness (QED) is 0.852. The fourth-order valence-corrected chi connectivity index (χ4v) is 2.35. The summed E-state index contributed by atoms with van der Waals surface area (Å²) in [6.45, 7) is 1.66. The van der Waals surface area contributed by atoms with Crippen molar-refractivity contribution in [1.29, 1.82) is 0 Å². The van der Waals surface area contributed by atoms with Gasteiger partial charge in [-0.1, -0.05) is 12.1 Å². The van der Waals surface area contributed by atoms with Gasteiger partial charge in [-0.25, -0.2) is 4.79 Å². The van der Waals surface area contributed by atoms with E-state index >= 15 is 0 Å². The number of ketones is 1. The van der Waals surface area contributed by atoms with E-state index < -0.39 is 5.97 Å². The molecule has 0 aliphatic rings. The van der Waals surface area contributed by atoms with Crippen LogP contribution in [0.25, 0.3) is 0 Å². The van der Waals surface area contributed by atoms with Crippen molar-refractivity contribution in [2.24, 2.45) is 0 Å². The van der Waals surface area contributed by atoms with Gasteiger partial charge < -0.3 is 9.84 Å². The molecule has 0 aliphatic carbocycles. The second kappa shape index (κ2) is 5.67. The summed E-state index contributed by atoms with van der Waals surface area (Å²) in [5.41, 5.74) is 1.20. The fraction of sp³-hybridized carbons (Fsp3) is 0.143. The van der Waals surface area contributed by atoms with Crippen molar-refractivity contribution in [3.63, 3.8) is 0 Å². The average molecular weight is 276 g/mol. The SMILES string of the molecule is CC(=O)c1cccc(OCc2ccsc2C(=O)O)c1. The molecule has 1 aromatic heterocycles. The predicted octanol–water partition coefficient (Wildman–Crippen LogP) is 3.23. The summed E-state index contributed by atoms with van der Waals surface area (Å²) in [6, 6.07) is 8.55. The van der Waals surface area contributed by atoms with Gasteiger partial charge in [0.25, 0.3) is 0 Å². The number of rotatable bonds is 5. The van der Waals surface area contributed by atoms with E-state index in [0.717, 1.165) is 0 Å². The summed E-state index contributed by atoms with van der Waals surface area (Å²) in [5.74, 6) is -0.437. The molecule has 4 nitrogen and oxygen atoms in total. The third-order valence-electron chi connectivity index (χ3n) is 2.58. The summed E-state index contributed by atoms with van der Waals surface area (Å²) in [4.78, 5) is 22.5. The van der Waals surface area contributed by atoms with E-state index in [9.17, 15) is 9.59 Å². The van der Waals surface area contributed by atoms with Crippen LogP contribution in [0.15, 0.2) is 35.7 Å². The number of thiophene rings is 1. The molecule has 1 heterocycles. The van der Waals surface area contributed by atoms with E-state index in [0.29, 0.717) is 16.9 Å². The van der Waals surface area contributed by atoms with Gasteiger partial charge >= 0.3 is 5.97 Å². The molecule has 5 heteroatoms. The maximum Gasteiger partial charge on any atom is 0.346 e. The van der Waals surface area contributed by atoms with Crippen LogP contribution in [0.3, 0.4) is 0 Å². The molecular weight excluding hydrogens is 264 g/mol. The minimum Gasteiger partial charge on any atom is -0.489 e. The van der Waals surface area contributed by atoms with E-state index in [-0.39, 0.29) is 17.3 Å². The Hall–Kier alpha value is -2.14. The third-order valence-corrected chi connectivity index (χ3v) is 3.52. The van der Waals surface area contributed by atoms with Crippen LogP contribution in [-0.4, -0.2) is 16.9 Å². The molecule has 19 heavy (non-hydrogen) atoms. The van der Waals surface area contributed by atoms with E-state index in [1.807, 2.05) is 0 Å². The Bertz CT molecular complexity index is 615.